The number of benzene rings is 2. The highest BCUT2D eigenvalue weighted by Crippen LogP contribution is 2.44. The number of hydrogen-bond acceptors (Lipinski definition) is 4. The lowest BCUT2D eigenvalue weighted by Crippen LogP contribution is -2.62. The van der Waals surface area contributed by atoms with Crippen LogP contribution in [0.4, 0.5) is 5.69 Å². The smallest absolute Gasteiger partial charge is 0.257 e. The Morgan fingerprint density at radius 2 is 1.69 bits per heavy atom. The molecule has 5 rings (SSSR count). The Morgan fingerprint density at radius 1 is 0.972 bits per heavy atom. The van der Waals surface area contributed by atoms with Gasteiger partial charge >= 0.3 is 0 Å². The number of amides is 3. The van der Waals surface area contributed by atoms with Gasteiger partial charge < -0.3 is 10.2 Å². The van der Waals surface area contributed by atoms with Crippen molar-refractivity contribution >= 4 is 23.4 Å². The van der Waals surface area contributed by atoms with E-state index in [-0.39, 0.29) is 17.7 Å². The van der Waals surface area contributed by atoms with E-state index in [0.29, 0.717) is 50.0 Å². The van der Waals surface area contributed by atoms with Crippen molar-refractivity contribution in [3.63, 3.8) is 0 Å². The maximum Gasteiger partial charge on any atom is 0.257 e. The van der Waals surface area contributed by atoms with Gasteiger partial charge in [0.15, 0.2) is 0 Å². The Hall–Kier alpha value is -3.19. The second-order valence-electron chi connectivity index (χ2n) is 10.5. The Bertz CT molecular complexity index is 1130. The molecule has 36 heavy (non-hydrogen) atoms. The minimum atomic E-state index is -0.672. The maximum absolute atomic E-state index is 13.3. The van der Waals surface area contributed by atoms with E-state index in [2.05, 4.69) is 34.5 Å². The molecule has 3 amide bonds. The molecule has 190 valence electrons. The molecular weight excluding hydrogens is 452 g/mol. The summed E-state index contributed by atoms with van der Waals surface area (Å²) in [5.74, 6) is -0.0481. The van der Waals surface area contributed by atoms with Gasteiger partial charge in [-0.2, -0.15) is 0 Å². The van der Waals surface area contributed by atoms with Gasteiger partial charge in [0, 0.05) is 32.5 Å². The molecule has 0 saturated carbocycles. The zero-order valence-electron chi connectivity index (χ0n) is 21.2. The van der Waals surface area contributed by atoms with Crippen molar-refractivity contribution in [1.29, 1.82) is 0 Å². The van der Waals surface area contributed by atoms with Gasteiger partial charge in [-0.05, 0) is 69.0 Å². The first-order valence-electron chi connectivity index (χ1n) is 13.3. The average Bonchev–Trinajstić information content (AvgIpc) is 3.21. The van der Waals surface area contributed by atoms with Crippen molar-refractivity contribution in [1.82, 2.24) is 15.1 Å². The molecule has 1 unspecified atom stereocenters. The molecule has 0 radical (unpaired) electrons. The van der Waals surface area contributed by atoms with Crippen LogP contribution in [0, 0.1) is 0 Å². The molecule has 7 nitrogen and oxygen atoms in total. The van der Waals surface area contributed by atoms with E-state index in [1.165, 1.54) is 37.9 Å². The van der Waals surface area contributed by atoms with Gasteiger partial charge in [-0.1, -0.05) is 42.8 Å². The predicted octanol–water partition coefficient (Wildman–Crippen LogP) is 4.07. The molecule has 2 saturated heterocycles. The van der Waals surface area contributed by atoms with E-state index >= 15 is 0 Å². The normalized spacial score (nSPS) is 21.9. The van der Waals surface area contributed by atoms with E-state index in [0.717, 1.165) is 12.1 Å². The van der Waals surface area contributed by atoms with Crippen LogP contribution in [0.1, 0.15) is 73.4 Å². The molecule has 0 bridgehead atoms. The van der Waals surface area contributed by atoms with Crippen molar-refractivity contribution in [3.8, 4) is 0 Å². The summed E-state index contributed by atoms with van der Waals surface area (Å²) >= 11 is 0. The number of anilines is 1. The summed E-state index contributed by atoms with van der Waals surface area (Å²) in [6, 6.07) is 15.8. The van der Waals surface area contributed by atoms with Gasteiger partial charge in [0.25, 0.3) is 5.91 Å². The molecule has 0 spiro atoms. The van der Waals surface area contributed by atoms with Crippen LogP contribution in [-0.4, -0.2) is 52.8 Å². The van der Waals surface area contributed by atoms with Crippen molar-refractivity contribution in [3.05, 3.63) is 65.2 Å². The van der Waals surface area contributed by atoms with Crippen LogP contribution in [0.2, 0.25) is 0 Å². The molecule has 7 heteroatoms. The molecule has 3 aliphatic rings. The first-order valence-corrected chi connectivity index (χ1v) is 13.3. The van der Waals surface area contributed by atoms with Crippen molar-refractivity contribution < 1.29 is 14.4 Å². The lowest BCUT2D eigenvalue weighted by atomic mass is 9.98. The summed E-state index contributed by atoms with van der Waals surface area (Å²) < 4.78 is 0. The number of likely N-dealkylation sites (tertiary alicyclic amines) is 1. The summed E-state index contributed by atoms with van der Waals surface area (Å²) in [5.41, 5.74) is 2.98. The van der Waals surface area contributed by atoms with Crippen LogP contribution in [0.5, 0.6) is 0 Å². The summed E-state index contributed by atoms with van der Waals surface area (Å²) in [4.78, 5) is 44.6. The number of hydrogen-bond donors (Lipinski definition) is 1. The lowest BCUT2D eigenvalue weighted by Gasteiger charge is -2.48. The molecule has 2 aromatic rings. The fourth-order valence-electron chi connectivity index (χ4n) is 5.87. The Labute approximate surface area is 213 Å². The van der Waals surface area contributed by atoms with E-state index in [1.807, 2.05) is 25.1 Å². The van der Waals surface area contributed by atoms with Gasteiger partial charge in [0.05, 0.1) is 11.3 Å². The molecule has 3 heterocycles. The van der Waals surface area contributed by atoms with Gasteiger partial charge in [0.2, 0.25) is 11.8 Å². The first-order chi connectivity index (χ1) is 17.5. The van der Waals surface area contributed by atoms with Crippen LogP contribution in [0.3, 0.4) is 0 Å². The van der Waals surface area contributed by atoms with Crippen LogP contribution in [-0.2, 0) is 22.7 Å². The third kappa shape index (κ3) is 4.89. The molecule has 1 atom stereocenters. The highest BCUT2D eigenvalue weighted by Gasteiger charge is 2.52. The summed E-state index contributed by atoms with van der Waals surface area (Å²) in [6.45, 7) is 6.25. The number of piperidine rings is 1. The number of nitrogens with one attached hydrogen (secondary N) is 1. The molecular formula is C29H36N4O3. The second-order valence-corrected chi connectivity index (χ2v) is 10.5. The van der Waals surface area contributed by atoms with Gasteiger partial charge in [-0.25, -0.2) is 0 Å². The largest absolute Gasteiger partial charge is 0.352 e. The number of nitrogens with zero attached hydrogens (tertiary/aromatic N) is 3. The number of carbonyl (C=O) groups is 3. The first kappa shape index (κ1) is 24.5. The third-order valence-corrected chi connectivity index (χ3v) is 7.90. The Morgan fingerprint density at radius 3 is 2.47 bits per heavy atom. The van der Waals surface area contributed by atoms with Crippen molar-refractivity contribution in [2.45, 2.75) is 70.6 Å². The SMILES string of the molecule is CC12CCC(=O)N1c1ccccc1C(=O)N2CCCC(=O)NCc1ccc(CN2CCCCC2)cc1. The minimum absolute atomic E-state index is 0.0261. The number of rotatable bonds is 8. The monoisotopic (exact) mass is 488 g/mol. The van der Waals surface area contributed by atoms with E-state index in [4.69, 9.17) is 0 Å². The molecule has 0 aromatic heterocycles. The molecule has 0 aliphatic carbocycles. The molecule has 2 fully saturated rings. The topological polar surface area (TPSA) is 73.0 Å². The van der Waals surface area contributed by atoms with E-state index in [1.54, 1.807) is 15.9 Å². The number of carbonyl (C=O) groups excluding carboxylic acids is 3. The Balaban J connectivity index is 1.12. The Kier molecular flexibility index (Phi) is 7.10. The molecule has 3 aliphatic heterocycles. The van der Waals surface area contributed by atoms with E-state index < -0.39 is 5.66 Å². The second kappa shape index (κ2) is 10.4. The average molecular weight is 489 g/mol. The van der Waals surface area contributed by atoms with Gasteiger partial charge in [-0.3, -0.25) is 24.2 Å². The quantitative estimate of drug-likeness (QED) is 0.608. The summed E-state index contributed by atoms with van der Waals surface area (Å²) in [6.07, 6.45) is 5.83. The predicted molar refractivity (Wildman–Crippen MR) is 139 cm³/mol. The minimum Gasteiger partial charge on any atom is -0.352 e. The highest BCUT2D eigenvalue weighted by atomic mass is 16.2. The number of para-hydroxylation sites is 1. The maximum atomic E-state index is 13.3. The standard InChI is InChI=1S/C29H36N4O3/c1-29-16-15-27(35)33(29)25-9-4-3-8-24(25)28(36)32(29)19-7-10-26(34)30-20-22-11-13-23(14-12-22)21-31-17-5-2-6-18-31/h3-4,8-9,11-14H,2,5-7,10,15-21H2,1H3,(H,30,34). The lowest BCUT2D eigenvalue weighted by molar-refractivity contribution is -0.121. The zero-order chi connectivity index (χ0) is 25.1. The van der Waals surface area contributed by atoms with Crippen LogP contribution in [0.25, 0.3) is 0 Å². The van der Waals surface area contributed by atoms with Crippen LogP contribution >= 0.6 is 0 Å². The van der Waals surface area contributed by atoms with Crippen LogP contribution in [0.15, 0.2) is 48.5 Å². The number of fused-ring (bicyclic) bond motifs is 3. The van der Waals surface area contributed by atoms with Gasteiger partial charge in [0.1, 0.15) is 5.66 Å². The third-order valence-electron chi connectivity index (χ3n) is 7.90. The summed E-state index contributed by atoms with van der Waals surface area (Å²) in [7, 11) is 0. The molecule has 2 aromatic carbocycles. The fraction of sp³-hybridized carbons (Fsp3) is 0.483. The van der Waals surface area contributed by atoms with Crippen molar-refractivity contribution in [2.24, 2.45) is 0 Å². The highest BCUT2D eigenvalue weighted by molar-refractivity contribution is 6.10. The zero-order valence-corrected chi connectivity index (χ0v) is 21.2. The van der Waals surface area contributed by atoms with Gasteiger partial charge in [-0.15, -0.1) is 0 Å². The van der Waals surface area contributed by atoms with E-state index in [9.17, 15) is 14.4 Å². The van der Waals surface area contributed by atoms with Crippen molar-refractivity contribution in [2.75, 3.05) is 24.5 Å². The molecule has 1 N–H and O–H groups in total. The van der Waals surface area contributed by atoms with Crippen LogP contribution < -0.4 is 10.2 Å². The summed E-state index contributed by atoms with van der Waals surface area (Å²) in [5, 5.41) is 3.01. The fourth-order valence-corrected chi connectivity index (χ4v) is 5.87.